The van der Waals surface area contributed by atoms with E-state index in [0.717, 1.165) is 41.7 Å². The van der Waals surface area contributed by atoms with Crippen LogP contribution < -0.4 is 15.4 Å². The van der Waals surface area contributed by atoms with Crippen molar-refractivity contribution in [1.29, 1.82) is 0 Å². The Morgan fingerprint density at radius 3 is 2.50 bits per heavy atom. The van der Waals surface area contributed by atoms with Crippen molar-refractivity contribution in [2.75, 3.05) is 26.7 Å². The summed E-state index contributed by atoms with van der Waals surface area (Å²) < 4.78 is 7.94. The zero-order valence-corrected chi connectivity index (χ0v) is 18.9. The fourth-order valence-electron chi connectivity index (χ4n) is 2.96. The molecular weight excluding hydrogens is 465 g/mol. The number of fused-ring (bicyclic) bond motifs is 1. The molecule has 3 rings (SSSR count). The van der Waals surface area contributed by atoms with Gasteiger partial charge in [-0.05, 0) is 38.1 Å². The van der Waals surface area contributed by atoms with Crippen LogP contribution in [0.2, 0.25) is 0 Å². The fourth-order valence-corrected chi connectivity index (χ4v) is 2.96. The molecule has 6 nitrogen and oxygen atoms in total. The minimum Gasteiger partial charge on any atom is -0.492 e. The van der Waals surface area contributed by atoms with Crippen LogP contribution >= 0.6 is 24.0 Å². The Morgan fingerprint density at radius 1 is 1.04 bits per heavy atom. The summed E-state index contributed by atoms with van der Waals surface area (Å²) in [7, 11) is 1.77. The summed E-state index contributed by atoms with van der Waals surface area (Å²) in [5.74, 6) is 2.67. The van der Waals surface area contributed by atoms with Crippen molar-refractivity contribution in [3.05, 3.63) is 59.9 Å². The highest BCUT2D eigenvalue weighted by molar-refractivity contribution is 14.0. The number of imidazole rings is 1. The molecule has 0 bridgehead atoms. The number of halogens is 1. The van der Waals surface area contributed by atoms with Crippen LogP contribution in [0, 0.1) is 13.8 Å². The van der Waals surface area contributed by atoms with E-state index in [0.29, 0.717) is 13.2 Å². The third-order valence-electron chi connectivity index (χ3n) is 4.38. The topological polar surface area (TPSA) is 63.5 Å². The van der Waals surface area contributed by atoms with Crippen molar-refractivity contribution in [1.82, 2.24) is 20.2 Å². The Kier molecular flexibility index (Phi) is 8.56. The summed E-state index contributed by atoms with van der Waals surface area (Å²) in [5, 5.41) is 6.61. The van der Waals surface area contributed by atoms with E-state index in [1.807, 2.05) is 49.4 Å². The molecule has 0 aliphatic carbocycles. The van der Waals surface area contributed by atoms with Gasteiger partial charge in [0.1, 0.15) is 18.2 Å². The van der Waals surface area contributed by atoms with Crippen molar-refractivity contribution in [3.8, 4) is 5.75 Å². The number of para-hydroxylation sites is 2. The lowest BCUT2D eigenvalue weighted by atomic mass is 10.2. The molecule has 0 amide bonds. The molecule has 1 aromatic heterocycles. The summed E-state index contributed by atoms with van der Waals surface area (Å²) >= 11 is 0. The first-order chi connectivity index (χ1) is 13.2. The standard InChI is InChI=1S/C21H27N5O.HI/c1-16-8-10-18(11-9-16)27-15-13-24-21(22-3)23-12-14-26-17(2)25-19-6-4-5-7-20(19)26;/h4-11H,12-15H2,1-3H3,(H2,22,23,24);1H. The molecule has 0 aliphatic heterocycles. The minimum atomic E-state index is 0. The van der Waals surface area contributed by atoms with E-state index in [1.165, 1.54) is 5.56 Å². The van der Waals surface area contributed by atoms with Crippen molar-refractivity contribution in [2.24, 2.45) is 4.99 Å². The van der Waals surface area contributed by atoms with Gasteiger partial charge in [0.05, 0.1) is 17.6 Å². The third-order valence-corrected chi connectivity index (χ3v) is 4.38. The van der Waals surface area contributed by atoms with Gasteiger partial charge in [0.25, 0.3) is 0 Å². The maximum Gasteiger partial charge on any atom is 0.191 e. The van der Waals surface area contributed by atoms with E-state index in [9.17, 15) is 0 Å². The van der Waals surface area contributed by atoms with Crippen LogP contribution in [0.1, 0.15) is 11.4 Å². The first-order valence-corrected chi connectivity index (χ1v) is 9.23. The van der Waals surface area contributed by atoms with Crippen LogP contribution in [-0.4, -0.2) is 42.3 Å². The van der Waals surface area contributed by atoms with Gasteiger partial charge in [-0.3, -0.25) is 4.99 Å². The zero-order chi connectivity index (χ0) is 19.1. The second kappa shape index (κ2) is 10.9. The lowest BCUT2D eigenvalue weighted by Crippen LogP contribution is -2.40. The predicted molar refractivity (Wildman–Crippen MR) is 126 cm³/mol. The van der Waals surface area contributed by atoms with Crippen LogP contribution in [0.5, 0.6) is 5.75 Å². The molecule has 0 saturated carbocycles. The molecule has 28 heavy (non-hydrogen) atoms. The molecule has 1 heterocycles. The van der Waals surface area contributed by atoms with E-state index < -0.39 is 0 Å². The quantitative estimate of drug-likeness (QED) is 0.229. The summed E-state index contributed by atoms with van der Waals surface area (Å²) in [5.41, 5.74) is 3.42. The molecule has 0 fully saturated rings. The maximum absolute atomic E-state index is 5.73. The van der Waals surface area contributed by atoms with Gasteiger partial charge in [-0.2, -0.15) is 0 Å². The van der Waals surface area contributed by atoms with Gasteiger partial charge in [0.2, 0.25) is 0 Å². The van der Waals surface area contributed by atoms with Crippen molar-refractivity contribution < 1.29 is 4.74 Å². The van der Waals surface area contributed by atoms with Gasteiger partial charge < -0.3 is 19.9 Å². The predicted octanol–water partition coefficient (Wildman–Crippen LogP) is 3.52. The molecule has 0 radical (unpaired) electrons. The number of benzene rings is 2. The molecule has 0 atom stereocenters. The van der Waals surface area contributed by atoms with Gasteiger partial charge in [-0.15, -0.1) is 24.0 Å². The van der Waals surface area contributed by atoms with Gasteiger partial charge >= 0.3 is 0 Å². The number of ether oxygens (including phenoxy) is 1. The minimum absolute atomic E-state index is 0. The molecule has 0 aliphatic rings. The second-order valence-corrected chi connectivity index (χ2v) is 6.39. The van der Waals surface area contributed by atoms with E-state index in [1.54, 1.807) is 7.05 Å². The van der Waals surface area contributed by atoms with Gasteiger partial charge in [0, 0.05) is 20.1 Å². The Bertz CT molecular complexity index is 905. The normalized spacial score (nSPS) is 11.2. The van der Waals surface area contributed by atoms with Crippen molar-refractivity contribution in [3.63, 3.8) is 0 Å². The molecular formula is C21H28IN5O. The van der Waals surface area contributed by atoms with Gasteiger partial charge in [0.15, 0.2) is 5.96 Å². The second-order valence-electron chi connectivity index (χ2n) is 6.39. The summed E-state index contributed by atoms with van der Waals surface area (Å²) in [4.78, 5) is 8.86. The Morgan fingerprint density at radius 2 is 1.75 bits per heavy atom. The van der Waals surface area contributed by atoms with Crippen LogP contribution in [0.15, 0.2) is 53.5 Å². The van der Waals surface area contributed by atoms with Gasteiger partial charge in [-0.1, -0.05) is 29.8 Å². The SMILES string of the molecule is CN=C(NCCOc1ccc(C)cc1)NCCn1c(C)nc2ccccc21.I. The zero-order valence-electron chi connectivity index (χ0n) is 16.6. The molecule has 0 spiro atoms. The van der Waals surface area contributed by atoms with Crippen LogP contribution in [0.4, 0.5) is 0 Å². The molecule has 2 aromatic carbocycles. The number of aryl methyl sites for hydroxylation is 2. The largest absolute Gasteiger partial charge is 0.492 e. The highest BCUT2D eigenvalue weighted by Gasteiger charge is 2.06. The van der Waals surface area contributed by atoms with Crippen LogP contribution in [-0.2, 0) is 6.54 Å². The highest BCUT2D eigenvalue weighted by Crippen LogP contribution is 2.14. The number of aromatic nitrogens is 2. The number of nitrogens with zero attached hydrogens (tertiary/aromatic N) is 3. The highest BCUT2D eigenvalue weighted by atomic mass is 127. The average molecular weight is 493 g/mol. The molecule has 0 saturated heterocycles. The number of guanidine groups is 1. The molecule has 3 aromatic rings. The summed E-state index contributed by atoms with van der Waals surface area (Å²) in [6.07, 6.45) is 0. The molecule has 0 unspecified atom stereocenters. The van der Waals surface area contributed by atoms with Gasteiger partial charge in [-0.25, -0.2) is 4.98 Å². The number of hydrogen-bond donors (Lipinski definition) is 2. The monoisotopic (exact) mass is 493 g/mol. The summed E-state index contributed by atoms with van der Waals surface area (Å²) in [6, 6.07) is 16.3. The van der Waals surface area contributed by atoms with Crippen molar-refractivity contribution in [2.45, 2.75) is 20.4 Å². The van der Waals surface area contributed by atoms with E-state index in [2.05, 4.69) is 38.2 Å². The smallest absolute Gasteiger partial charge is 0.191 e. The Hall–Kier alpha value is -2.29. The number of hydrogen-bond acceptors (Lipinski definition) is 3. The lowest BCUT2D eigenvalue weighted by molar-refractivity contribution is 0.322. The molecule has 150 valence electrons. The van der Waals surface area contributed by atoms with E-state index >= 15 is 0 Å². The van der Waals surface area contributed by atoms with Crippen LogP contribution in [0.25, 0.3) is 11.0 Å². The Labute approximate surface area is 183 Å². The molecule has 7 heteroatoms. The Balaban J connectivity index is 0.00000280. The van der Waals surface area contributed by atoms with E-state index in [-0.39, 0.29) is 24.0 Å². The number of nitrogens with one attached hydrogen (secondary N) is 2. The fraction of sp³-hybridized carbons (Fsp3) is 0.333. The van der Waals surface area contributed by atoms with Crippen molar-refractivity contribution >= 4 is 41.0 Å². The number of aliphatic imine (C=N–C) groups is 1. The maximum atomic E-state index is 5.73. The first kappa shape index (κ1) is 22.0. The average Bonchev–Trinajstić information content (AvgIpc) is 3.00. The summed E-state index contributed by atoms with van der Waals surface area (Å²) in [6.45, 7) is 6.95. The lowest BCUT2D eigenvalue weighted by Gasteiger charge is -2.13. The molecule has 2 N–H and O–H groups in total. The third kappa shape index (κ3) is 5.85. The van der Waals surface area contributed by atoms with Crippen LogP contribution in [0.3, 0.4) is 0 Å². The number of rotatable bonds is 7. The van der Waals surface area contributed by atoms with E-state index in [4.69, 9.17) is 4.74 Å². The first-order valence-electron chi connectivity index (χ1n) is 9.23.